The molecule has 0 radical (unpaired) electrons. The Labute approximate surface area is 193 Å². The molecule has 0 bridgehead atoms. The third kappa shape index (κ3) is 6.90. The Morgan fingerprint density at radius 2 is 1.85 bits per heavy atom. The fraction of sp³-hybridized carbons (Fsp3) is 0.360. The van der Waals surface area contributed by atoms with E-state index in [0.717, 1.165) is 27.7 Å². The summed E-state index contributed by atoms with van der Waals surface area (Å²) in [5.74, 6) is 0.310. The van der Waals surface area contributed by atoms with Gasteiger partial charge in [-0.3, -0.25) is 9.78 Å². The highest BCUT2D eigenvalue weighted by Crippen LogP contribution is 2.26. The summed E-state index contributed by atoms with van der Waals surface area (Å²) >= 11 is 0. The van der Waals surface area contributed by atoms with Crippen LogP contribution in [0, 0.1) is 6.92 Å². The number of ether oxygens (including phenoxy) is 2. The van der Waals surface area contributed by atoms with E-state index in [1.165, 1.54) is 0 Å². The number of alkyl carbamates (subject to hydrolysis) is 1. The number of aryl methyl sites for hydroxylation is 1. The van der Waals surface area contributed by atoms with Crippen LogP contribution >= 0.6 is 0 Å². The zero-order chi connectivity index (χ0) is 24.0. The van der Waals surface area contributed by atoms with Crippen LogP contribution in [0.3, 0.4) is 0 Å². The van der Waals surface area contributed by atoms with Gasteiger partial charge in [-0.2, -0.15) is 0 Å². The van der Waals surface area contributed by atoms with Crippen LogP contribution < -0.4 is 10.6 Å². The van der Waals surface area contributed by atoms with Gasteiger partial charge in [0.15, 0.2) is 0 Å². The molecule has 2 heterocycles. The molecule has 2 aromatic heterocycles. The number of anilines is 2. The van der Waals surface area contributed by atoms with Gasteiger partial charge in [-0.05, 0) is 69.8 Å². The van der Waals surface area contributed by atoms with Gasteiger partial charge in [0.2, 0.25) is 0 Å². The summed E-state index contributed by atoms with van der Waals surface area (Å²) in [6, 6.07) is 10.8. The minimum absolute atomic E-state index is 0.00436. The molecule has 0 fully saturated rings. The maximum Gasteiger partial charge on any atom is 0.408 e. The lowest BCUT2D eigenvalue weighted by Gasteiger charge is -2.23. The summed E-state index contributed by atoms with van der Waals surface area (Å²) < 4.78 is 10.4. The molecule has 0 aliphatic rings. The molecule has 1 aromatic carbocycles. The predicted octanol–water partition coefficient (Wildman–Crippen LogP) is 5.20. The number of aromatic nitrogens is 2. The van der Waals surface area contributed by atoms with Crippen molar-refractivity contribution in [1.82, 2.24) is 15.3 Å². The van der Waals surface area contributed by atoms with E-state index >= 15 is 0 Å². The van der Waals surface area contributed by atoms with Crippen molar-refractivity contribution in [2.24, 2.45) is 0 Å². The van der Waals surface area contributed by atoms with Crippen molar-refractivity contribution >= 4 is 34.3 Å². The van der Waals surface area contributed by atoms with E-state index in [0.29, 0.717) is 5.82 Å². The highest BCUT2D eigenvalue weighted by Gasteiger charge is 2.23. The van der Waals surface area contributed by atoms with E-state index in [1.54, 1.807) is 40.1 Å². The molecule has 8 nitrogen and oxygen atoms in total. The zero-order valence-corrected chi connectivity index (χ0v) is 19.6. The fourth-order valence-electron chi connectivity index (χ4n) is 3.34. The number of esters is 1. The first-order valence-electron chi connectivity index (χ1n) is 10.9. The third-order valence-corrected chi connectivity index (χ3v) is 4.71. The monoisotopic (exact) mass is 450 g/mol. The number of rotatable bonds is 7. The molecule has 33 heavy (non-hydrogen) atoms. The lowest BCUT2D eigenvalue weighted by atomic mass is 10.0. The van der Waals surface area contributed by atoms with Gasteiger partial charge < -0.3 is 20.1 Å². The van der Waals surface area contributed by atoms with Gasteiger partial charge in [-0.1, -0.05) is 12.1 Å². The number of benzene rings is 1. The second-order valence-electron chi connectivity index (χ2n) is 8.66. The molecule has 1 unspecified atom stereocenters. The molecule has 0 aliphatic carbocycles. The molecule has 0 saturated carbocycles. The van der Waals surface area contributed by atoms with Crippen LogP contribution in [0.25, 0.3) is 10.8 Å². The zero-order valence-electron chi connectivity index (χ0n) is 19.6. The predicted molar refractivity (Wildman–Crippen MR) is 127 cm³/mol. The molecule has 3 rings (SSSR count). The number of nitrogens with zero attached hydrogens (tertiary/aromatic N) is 2. The minimum atomic E-state index is -0.648. The Morgan fingerprint density at radius 3 is 2.52 bits per heavy atom. The third-order valence-electron chi connectivity index (χ3n) is 4.71. The van der Waals surface area contributed by atoms with Crippen molar-refractivity contribution in [1.29, 1.82) is 0 Å². The Bertz CT molecular complexity index is 1120. The Hall–Kier alpha value is -3.68. The quantitative estimate of drug-likeness (QED) is 0.477. The summed E-state index contributed by atoms with van der Waals surface area (Å²) in [5.41, 5.74) is 1.81. The normalized spacial score (nSPS) is 12.2. The first-order chi connectivity index (χ1) is 15.6. The van der Waals surface area contributed by atoms with Gasteiger partial charge in [0.1, 0.15) is 11.4 Å². The average Bonchev–Trinajstić information content (AvgIpc) is 2.72. The van der Waals surface area contributed by atoms with E-state index in [-0.39, 0.29) is 13.0 Å². The van der Waals surface area contributed by atoms with Gasteiger partial charge in [0.25, 0.3) is 0 Å². The van der Waals surface area contributed by atoms with Crippen LogP contribution in [-0.2, 0) is 14.3 Å². The standard InChI is InChI=1S/C25H30N4O4/c1-6-32-22(30)14-21(29-24(31)33-25(3,4)5)17-7-9-19(10-8-17)28-23-20-15-26-12-11-18(20)13-16(2)27-23/h7-13,15,21H,6,14H2,1-5H3,(H,27,28)(H,29,31). The van der Waals surface area contributed by atoms with Gasteiger partial charge >= 0.3 is 12.1 Å². The van der Waals surface area contributed by atoms with Gasteiger partial charge in [-0.25, -0.2) is 9.78 Å². The summed E-state index contributed by atoms with van der Waals surface area (Å²) in [7, 11) is 0. The fourth-order valence-corrected chi connectivity index (χ4v) is 3.34. The lowest BCUT2D eigenvalue weighted by molar-refractivity contribution is -0.143. The molecule has 1 amide bonds. The van der Waals surface area contributed by atoms with Gasteiger partial charge in [0, 0.05) is 29.2 Å². The molecule has 3 aromatic rings. The van der Waals surface area contributed by atoms with Crippen molar-refractivity contribution in [3.63, 3.8) is 0 Å². The molecular weight excluding hydrogens is 420 g/mol. The Morgan fingerprint density at radius 1 is 1.12 bits per heavy atom. The highest BCUT2D eigenvalue weighted by molar-refractivity contribution is 5.92. The number of hydrogen-bond acceptors (Lipinski definition) is 7. The SMILES string of the molecule is CCOC(=O)CC(NC(=O)OC(C)(C)C)c1ccc(Nc2nc(C)cc3ccncc23)cc1. The number of carbonyl (C=O) groups is 2. The van der Waals surface area contributed by atoms with Gasteiger partial charge in [0.05, 0.1) is 19.1 Å². The van der Waals surface area contributed by atoms with Crippen molar-refractivity contribution in [2.45, 2.75) is 52.7 Å². The van der Waals surface area contributed by atoms with Crippen molar-refractivity contribution in [3.05, 3.63) is 60.0 Å². The first-order valence-corrected chi connectivity index (χ1v) is 10.9. The molecular formula is C25H30N4O4. The topological polar surface area (TPSA) is 102 Å². The second kappa shape index (κ2) is 10.3. The summed E-state index contributed by atoms with van der Waals surface area (Å²) in [6.45, 7) is 9.31. The van der Waals surface area contributed by atoms with Gasteiger partial charge in [-0.15, -0.1) is 0 Å². The van der Waals surface area contributed by atoms with Crippen LogP contribution in [0.15, 0.2) is 48.8 Å². The molecule has 174 valence electrons. The summed E-state index contributed by atoms with van der Waals surface area (Å²) in [5, 5.41) is 8.07. The maximum atomic E-state index is 12.3. The lowest BCUT2D eigenvalue weighted by Crippen LogP contribution is -2.36. The van der Waals surface area contributed by atoms with E-state index in [2.05, 4.69) is 20.6 Å². The average molecular weight is 451 g/mol. The Balaban J connectivity index is 1.81. The molecule has 8 heteroatoms. The molecule has 2 N–H and O–H groups in total. The van der Waals surface area contributed by atoms with Crippen LogP contribution in [-0.4, -0.2) is 34.2 Å². The molecule has 0 spiro atoms. The van der Waals surface area contributed by atoms with Crippen LogP contribution in [0.1, 0.15) is 51.4 Å². The smallest absolute Gasteiger partial charge is 0.408 e. The highest BCUT2D eigenvalue weighted by atomic mass is 16.6. The molecule has 0 saturated heterocycles. The molecule has 0 aliphatic heterocycles. The molecule has 1 atom stereocenters. The largest absolute Gasteiger partial charge is 0.466 e. The summed E-state index contributed by atoms with van der Waals surface area (Å²) in [4.78, 5) is 33.3. The number of fused-ring (bicyclic) bond motifs is 1. The number of hydrogen-bond donors (Lipinski definition) is 2. The van der Waals surface area contributed by atoms with Crippen molar-refractivity contribution in [2.75, 3.05) is 11.9 Å². The van der Waals surface area contributed by atoms with E-state index in [1.807, 2.05) is 43.3 Å². The van der Waals surface area contributed by atoms with E-state index in [9.17, 15) is 9.59 Å². The van der Waals surface area contributed by atoms with Crippen molar-refractivity contribution in [3.8, 4) is 0 Å². The van der Waals surface area contributed by atoms with Crippen LogP contribution in [0.5, 0.6) is 0 Å². The number of amides is 1. The minimum Gasteiger partial charge on any atom is -0.466 e. The maximum absolute atomic E-state index is 12.3. The van der Waals surface area contributed by atoms with Crippen molar-refractivity contribution < 1.29 is 19.1 Å². The van der Waals surface area contributed by atoms with Crippen LogP contribution in [0.4, 0.5) is 16.3 Å². The number of carbonyl (C=O) groups excluding carboxylic acids is 2. The van der Waals surface area contributed by atoms with E-state index in [4.69, 9.17) is 9.47 Å². The Kier molecular flexibility index (Phi) is 7.48. The number of nitrogens with one attached hydrogen (secondary N) is 2. The first kappa shape index (κ1) is 24.0. The second-order valence-corrected chi connectivity index (χ2v) is 8.66. The van der Waals surface area contributed by atoms with E-state index < -0.39 is 23.7 Å². The van der Waals surface area contributed by atoms with Crippen LogP contribution in [0.2, 0.25) is 0 Å². The number of pyridine rings is 2. The summed E-state index contributed by atoms with van der Waals surface area (Å²) in [6.07, 6.45) is 2.93.